The summed E-state index contributed by atoms with van der Waals surface area (Å²) in [4.78, 5) is 13.7. The smallest absolute Gasteiger partial charge is 0.162 e. The van der Waals surface area contributed by atoms with Gasteiger partial charge in [0, 0.05) is 29.2 Å². The van der Waals surface area contributed by atoms with Gasteiger partial charge in [-0.15, -0.1) is 0 Å². The van der Waals surface area contributed by atoms with Crippen LogP contribution >= 0.6 is 0 Å². The van der Waals surface area contributed by atoms with E-state index in [9.17, 15) is 4.79 Å². The molecule has 0 amide bonds. The van der Waals surface area contributed by atoms with Crippen LogP contribution in [-0.4, -0.2) is 12.9 Å². The van der Waals surface area contributed by atoms with E-state index in [1.165, 1.54) is 16.3 Å². The van der Waals surface area contributed by atoms with Crippen LogP contribution in [0, 0.1) is 5.41 Å². The quantitative estimate of drug-likeness (QED) is 0.311. The van der Waals surface area contributed by atoms with Crippen LogP contribution in [0.5, 0.6) is 11.5 Å². The minimum Gasteiger partial charge on any atom is -0.493 e. The van der Waals surface area contributed by atoms with Crippen molar-refractivity contribution in [2.45, 2.75) is 39.2 Å². The van der Waals surface area contributed by atoms with Gasteiger partial charge >= 0.3 is 0 Å². The Morgan fingerprint density at radius 2 is 1.70 bits per heavy atom. The molecule has 4 nitrogen and oxygen atoms in total. The summed E-state index contributed by atoms with van der Waals surface area (Å²) in [5.74, 6) is 1.57. The van der Waals surface area contributed by atoms with E-state index in [1.54, 1.807) is 7.11 Å². The predicted molar refractivity (Wildman–Crippen MR) is 149 cm³/mol. The fraction of sp³-hybridized carbons (Fsp3) is 0.242. The number of Topliss-reactive ketones (excluding diaryl/α,β-unsaturated/α-hetero) is 1. The summed E-state index contributed by atoms with van der Waals surface area (Å²) in [7, 11) is 1.65. The first-order valence-electron chi connectivity index (χ1n) is 12.8. The summed E-state index contributed by atoms with van der Waals surface area (Å²) in [6.45, 7) is 4.87. The second-order valence-electron chi connectivity index (χ2n) is 10.8. The van der Waals surface area contributed by atoms with Crippen molar-refractivity contribution in [1.29, 1.82) is 0 Å². The Morgan fingerprint density at radius 1 is 0.919 bits per heavy atom. The lowest BCUT2D eigenvalue weighted by Gasteiger charge is -2.41. The van der Waals surface area contributed by atoms with E-state index < -0.39 is 0 Å². The zero-order valence-electron chi connectivity index (χ0n) is 21.5. The topological polar surface area (TPSA) is 47.6 Å². The molecule has 1 aliphatic carbocycles. The summed E-state index contributed by atoms with van der Waals surface area (Å²) in [6, 6.07) is 28.8. The normalized spacial score (nSPS) is 18.1. The van der Waals surface area contributed by atoms with Crippen molar-refractivity contribution in [1.82, 2.24) is 0 Å². The van der Waals surface area contributed by atoms with Crippen molar-refractivity contribution in [3.63, 3.8) is 0 Å². The van der Waals surface area contributed by atoms with E-state index in [2.05, 4.69) is 55.6 Å². The highest BCUT2D eigenvalue weighted by Gasteiger charge is 2.42. The first kappa shape index (κ1) is 23.4. The molecule has 4 heteroatoms. The van der Waals surface area contributed by atoms with Crippen LogP contribution in [0.1, 0.15) is 49.3 Å². The number of hydrogen-bond acceptors (Lipinski definition) is 4. The molecule has 1 heterocycles. The number of carbonyl (C=O) groups excluding carboxylic acids is 1. The van der Waals surface area contributed by atoms with Gasteiger partial charge in [0.1, 0.15) is 6.61 Å². The third kappa shape index (κ3) is 4.27. The molecule has 1 fully saturated rings. The Labute approximate surface area is 217 Å². The molecule has 0 saturated heterocycles. The van der Waals surface area contributed by atoms with E-state index in [-0.39, 0.29) is 17.1 Å². The fourth-order valence-corrected chi connectivity index (χ4v) is 5.90. The molecule has 1 N–H and O–H groups in total. The van der Waals surface area contributed by atoms with Gasteiger partial charge in [-0.05, 0) is 58.0 Å². The molecule has 186 valence electrons. The minimum absolute atomic E-state index is 0.0357. The van der Waals surface area contributed by atoms with E-state index >= 15 is 0 Å². The molecule has 0 unspecified atom stereocenters. The highest BCUT2D eigenvalue weighted by Crippen LogP contribution is 2.53. The van der Waals surface area contributed by atoms with Crippen LogP contribution in [0.25, 0.3) is 16.5 Å². The minimum atomic E-state index is -0.0608. The number of hydrogen-bond donors (Lipinski definition) is 1. The van der Waals surface area contributed by atoms with E-state index in [0.717, 1.165) is 34.5 Å². The SMILES string of the molecule is COc1cc(C2=C3C(=O)CC(C)(C)C[C@@H]3c3c(ccc4ccccc34)N2)ccc1OCc1ccccc1. The number of methoxy groups -OCH3 is 1. The first-order chi connectivity index (χ1) is 17.9. The number of nitrogens with one attached hydrogen (secondary N) is 1. The van der Waals surface area contributed by atoms with Crippen molar-refractivity contribution < 1.29 is 14.3 Å². The van der Waals surface area contributed by atoms with Gasteiger partial charge < -0.3 is 14.8 Å². The first-order valence-corrected chi connectivity index (χ1v) is 12.8. The third-order valence-electron chi connectivity index (χ3n) is 7.58. The molecule has 4 aromatic rings. The second-order valence-corrected chi connectivity index (χ2v) is 10.8. The van der Waals surface area contributed by atoms with Gasteiger partial charge in [0.05, 0.1) is 12.8 Å². The summed E-state index contributed by atoms with van der Waals surface area (Å²) in [6.07, 6.45) is 1.47. The van der Waals surface area contributed by atoms with Gasteiger partial charge in [0.15, 0.2) is 17.3 Å². The largest absolute Gasteiger partial charge is 0.493 e. The van der Waals surface area contributed by atoms with Crippen LogP contribution < -0.4 is 14.8 Å². The van der Waals surface area contributed by atoms with Crippen molar-refractivity contribution >= 4 is 27.9 Å². The fourth-order valence-electron chi connectivity index (χ4n) is 5.90. The summed E-state index contributed by atoms with van der Waals surface area (Å²) in [5.41, 5.74) is 6.01. The van der Waals surface area contributed by atoms with Gasteiger partial charge in [0.2, 0.25) is 0 Å². The average Bonchev–Trinajstić information content (AvgIpc) is 2.91. The Balaban J connectivity index is 1.44. The predicted octanol–water partition coefficient (Wildman–Crippen LogP) is 7.74. The lowest BCUT2D eigenvalue weighted by atomic mass is 9.64. The highest BCUT2D eigenvalue weighted by molar-refractivity contribution is 6.10. The Hall–Kier alpha value is -4.05. The average molecular weight is 490 g/mol. The van der Waals surface area contributed by atoms with Crippen LogP contribution in [0.15, 0.2) is 90.5 Å². The lowest BCUT2D eigenvalue weighted by molar-refractivity contribution is -0.119. The maximum Gasteiger partial charge on any atom is 0.162 e. The molecule has 1 atom stereocenters. The molecular formula is C33H31NO3. The molecule has 37 heavy (non-hydrogen) atoms. The molecule has 4 aromatic carbocycles. The van der Waals surface area contributed by atoms with Crippen molar-refractivity contribution in [2.75, 3.05) is 12.4 Å². The maximum atomic E-state index is 13.7. The number of ether oxygens (including phenoxy) is 2. The maximum absolute atomic E-state index is 13.7. The summed E-state index contributed by atoms with van der Waals surface area (Å²) < 4.78 is 11.8. The molecule has 0 aromatic heterocycles. The van der Waals surface area contributed by atoms with Gasteiger partial charge in [0.25, 0.3) is 0 Å². The molecular weight excluding hydrogens is 458 g/mol. The van der Waals surface area contributed by atoms with Crippen LogP contribution in [0.3, 0.4) is 0 Å². The van der Waals surface area contributed by atoms with Gasteiger partial charge in [-0.25, -0.2) is 0 Å². The Kier molecular flexibility index (Phi) is 5.75. The Bertz CT molecular complexity index is 1530. The molecule has 0 bridgehead atoms. The third-order valence-corrected chi connectivity index (χ3v) is 7.58. The monoisotopic (exact) mass is 489 g/mol. The molecule has 1 saturated carbocycles. The molecule has 6 rings (SSSR count). The molecule has 1 aliphatic heterocycles. The van der Waals surface area contributed by atoms with Gasteiger partial charge in [-0.2, -0.15) is 0 Å². The standard InChI is InChI=1S/C33H31NO3/c1-33(2)18-25-30-24-12-8-7-11-22(24)13-15-26(30)34-32(31(25)27(35)19-33)23-14-16-28(29(17-23)36-3)37-20-21-9-5-4-6-10-21/h4-17,25,34H,18-20H2,1-3H3/t25-/m1/s1. The van der Waals surface area contributed by atoms with E-state index in [0.29, 0.717) is 24.5 Å². The number of rotatable bonds is 5. The Morgan fingerprint density at radius 3 is 2.51 bits per heavy atom. The molecule has 0 radical (unpaired) electrons. The summed E-state index contributed by atoms with van der Waals surface area (Å²) >= 11 is 0. The number of benzene rings is 4. The molecule has 0 spiro atoms. The van der Waals surface area contributed by atoms with Crippen LogP contribution in [0.4, 0.5) is 5.69 Å². The van der Waals surface area contributed by atoms with E-state index in [4.69, 9.17) is 9.47 Å². The van der Waals surface area contributed by atoms with Gasteiger partial charge in [-0.3, -0.25) is 4.79 Å². The van der Waals surface area contributed by atoms with Crippen molar-refractivity contribution in [3.8, 4) is 11.5 Å². The highest BCUT2D eigenvalue weighted by atomic mass is 16.5. The summed E-state index contributed by atoms with van der Waals surface area (Å²) in [5, 5.41) is 6.06. The van der Waals surface area contributed by atoms with Crippen LogP contribution in [0.2, 0.25) is 0 Å². The van der Waals surface area contributed by atoms with Crippen molar-refractivity contribution in [2.24, 2.45) is 5.41 Å². The van der Waals surface area contributed by atoms with E-state index in [1.807, 2.05) is 48.5 Å². The lowest BCUT2D eigenvalue weighted by Crippen LogP contribution is -2.34. The zero-order chi connectivity index (χ0) is 25.6. The zero-order valence-corrected chi connectivity index (χ0v) is 21.5. The number of ketones is 1. The second kappa shape index (κ2) is 9.11. The van der Waals surface area contributed by atoms with Crippen LogP contribution in [-0.2, 0) is 11.4 Å². The number of carbonyl (C=O) groups is 1. The molecule has 2 aliphatic rings. The number of anilines is 1. The number of allylic oxidation sites excluding steroid dienone is 1. The van der Waals surface area contributed by atoms with Gasteiger partial charge in [-0.1, -0.05) is 74.5 Å². The number of fused-ring (bicyclic) bond motifs is 5. The van der Waals surface area contributed by atoms with Crippen molar-refractivity contribution in [3.05, 3.63) is 107 Å².